The molecule has 0 aliphatic rings. The zero-order valence-corrected chi connectivity index (χ0v) is 16.0. The van der Waals surface area contributed by atoms with Gasteiger partial charge in [0.1, 0.15) is 17.4 Å². The fraction of sp³-hybridized carbons (Fsp3) is 0.625. The van der Waals surface area contributed by atoms with Crippen LogP contribution in [0.4, 0.5) is 0 Å². The highest BCUT2D eigenvalue weighted by Gasteiger charge is 2.07. The highest BCUT2D eigenvalue weighted by molar-refractivity contribution is 7.11. The summed E-state index contributed by atoms with van der Waals surface area (Å²) in [7, 11) is 1.96. The first-order chi connectivity index (χ1) is 11.5. The molecule has 2 rings (SSSR count). The molecule has 0 radical (unpaired) electrons. The first-order valence-corrected chi connectivity index (χ1v) is 9.12. The van der Waals surface area contributed by atoms with Crippen molar-refractivity contribution in [3.63, 3.8) is 0 Å². The molecular formula is C16H27N7S. The summed E-state index contributed by atoms with van der Waals surface area (Å²) in [5, 5.41) is 16.0. The molecule has 0 fully saturated rings. The molecule has 2 heterocycles. The standard InChI is InChI=1S/C16H27N7S/c1-6-7-8-17-16(18-9-14-22-21-13(4)23(14)5)19-10-15-20-11(2)12(3)24-15/h6-10H2,1-5H3,(H2,17,18,19). The number of aromatic nitrogens is 4. The van der Waals surface area contributed by atoms with E-state index >= 15 is 0 Å². The fourth-order valence-electron chi connectivity index (χ4n) is 2.07. The average Bonchev–Trinajstić information content (AvgIpc) is 3.05. The van der Waals surface area contributed by atoms with Crippen LogP contribution in [-0.4, -0.2) is 32.3 Å². The smallest absolute Gasteiger partial charge is 0.192 e. The minimum atomic E-state index is 0.495. The minimum absolute atomic E-state index is 0.495. The topological polar surface area (TPSA) is 80.0 Å². The van der Waals surface area contributed by atoms with Gasteiger partial charge in [0, 0.05) is 18.5 Å². The largest absolute Gasteiger partial charge is 0.356 e. The van der Waals surface area contributed by atoms with E-state index in [2.05, 4.69) is 44.7 Å². The number of unbranched alkanes of at least 4 members (excludes halogenated alkanes) is 1. The van der Waals surface area contributed by atoms with Crippen molar-refractivity contribution in [3.8, 4) is 0 Å². The Labute approximate surface area is 147 Å². The Morgan fingerprint density at radius 3 is 2.58 bits per heavy atom. The zero-order chi connectivity index (χ0) is 17.5. The number of hydrogen-bond acceptors (Lipinski definition) is 5. The number of hydrogen-bond donors (Lipinski definition) is 2. The molecule has 0 spiro atoms. The van der Waals surface area contributed by atoms with Crippen LogP contribution in [0.25, 0.3) is 0 Å². The van der Waals surface area contributed by atoms with Crippen LogP contribution in [-0.2, 0) is 20.1 Å². The maximum Gasteiger partial charge on any atom is 0.192 e. The van der Waals surface area contributed by atoms with Gasteiger partial charge in [0.2, 0.25) is 0 Å². The van der Waals surface area contributed by atoms with Crippen molar-refractivity contribution in [3.05, 3.63) is 27.2 Å². The van der Waals surface area contributed by atoms with Gasteiger partial charge in [-0.1, -0.05) is 13.3 Å². The molecule has 0 bridgehead atoms. The molecule has 7 nitrogen and oxygen atoms in total. The van der Waals surface area contributed by atoms with Crippen molar-refractivity contribution in [1.82, 2.24) is 30.4 Å². The molecular weight excluding hydrogens is 322 g/mol. The van der Waals surface area contributed by atoms with Gasteiger partial charge in [0.05, 0.1) is 12.2 Å². The molecule has 0 saturated carbocycles. The molecule has 0 atom stereocenters. The summed E-state index contributed by atoms with van der Waals surface area (Å²) in [6, 6.07) is 0. The maximum atomic E-state index is 4.63. The summed E-state index contributed by atoms with van der Waals surface area (Å²) in [6.07, 6.45) is 2.26. The van der Waals surface area contributed by atoms with Gasteiger partial charge in [-0.05, 0) is 27.2 Å². The van der Waals surface area contributed by atoms with E-state index in [1.165, 1.54) is 4.88 Å². The lowest BCUT2D eigenvalue weighted by atomic mass is 10.3. The molecule has 2 N–H and O–H groups in total. The monoisotopic (exact) mass is 349 g/mol. The van der Waals surface area contributed by atoms with Crippen LogP contribution in [0.15, 0.2) is 4.99 Å². The van der Waals surface area contributed by atoms with E-state index in [1.54, 1.807) is 11.3 Å². The highest BCUT2D eigenvalue weighted by atomic mass is 32.1. The molecule has 0 aliphatic heterocycles. The van der Waals surface area contributed by atoms with Crippen LogP contribution in [0, 0.1) is 20.8 Å². The molecule has 2 aromatic heterocycles. The number of nitrogens with one attached hydrogen (secondary N) is 2. The maximum absolute atomic E-state index is 4.63. The van der Waals surface area contributed by atoms with Gasteiger partial charge in [-0.3, -0.25) is 0 Å². The van der Waals surface area contributed by atoms with Gasteiger partial charge in [0.15, 0.2) is 11.8 Å². The van der Waals surface area contributed by atoms with Crippen LogP contribution in [0.3, 0.4) is 0 Å². The zero-order valence-electron chi connectivity index (χ0n) is 15.2. The van der Waals surface area contributed by atoms with E-state index in [4.69, 9.17) is 0 Å². The molecule has 2 aromatic rings. The molecule has 24 heavy (non-hydrogen) atoms. The number of nitrogens with zero attached hydrogens (tertiary/aromatic N) is 5. The predicted octanol–water partition coefficient (Wildman–Crippen LogP) is 2.23. The lowest BCUT2D eigenvalue weighted by Crippen LogP contribution is -2.37. The Morgan fingerprint density at radius 2 is 2.00 bits per heavy atom. The second-order valence-corrected chi connectivity index (χ2v) is 7.06. The number of aryl methyl sites for hydroxylation is 3. The molecule has 8 heteroatoms. The van der Waals surface area contributed by atoms with Crippen LogP contribution < -0.4 is 10.6 Å². The summed E-state index contributed by atoms with van der Waals surface area (Å²) >= 11 is 1.72. The SMILES string of the molecule is CCCCNC(=NCc1nnc(C)n1C)NCc1nc(C)c(C)s1. The third kappa shape index (κ3) is 5.02. The van der Waals surface area contributed by atoms with Crippen molar-refractivity contribution < 1.29 is 0 Å². The Bertz CT molecular complexity index is 667. The first-order valence-electron chi connectivity index (χ1n) is 8.31. The van der Waals surface area contributed by atoms with E-state index in [0.717, 1.165) is 47.7 Å². The van der Waals surface area contributed by atoms with E-state index in [1.807, 2.05) is 25.5 Å². The van der Waals surface area contributed by atoms with E-state index in [9.17, 15) is 0 Å². The molecule has 0 aliphatic carbocycles. The first kappa shape index (κ1) is 18.4. The Morgan fingerprint density at radius 1 is 1.21 bits per heavy atom. The number of guanidine groups is 1. The van der Waals surface area contributed by atoms with Gasteiger partial charge >= 0.3 is 0 Å². The summed E-state index contributed by atoms with van der Waals surface area (Å²) in [6.45, 7) is 10.3. The number of thiazole rings is 1. The normalized spacial score (nSPS) is 11.8. The summed E-state index contributed by atoms with van der Waals surface area (Å²) in [4.78, 5) is 10.5. The minimum Gasteiger partial charge on any atom is -0.356 e. The predicted molar refractivity (Wildman–Crippen MR) is 98.2 cm³/mol. The molecule has 0 unspecified atom stereocenters. The summed E-state index contributed by atoms with van der Waals surface area (Å²) in [5.74, 6) is 2.53. The number of rotatable bonds is 7. The van der Waals surface area contributed by atoms with Crippen molar-refractivity contribution >= 4 is 17.3 Å². The highest BCUT2D eigenvalue weighted by Crippen LogP contribution is 2.15. The van der Waals surface area contributed by atoms with Crippen LogP contribution >= 0.6 is 11.3 Å². The van der Waals surface area contributed by atoms with Gasteiger partial charge < -0.3 is 15.2 Å². The van der Waals surface area contributed by atoms with Crippen molar-refractivity contribution in [2.24, 2.45) is 12.0 Å². The summed E-state index contributed by atoms with van der Waals surface area (Å²) in [5.41, 5.74) is 1.10. The third-order valence-corrected chi connectivity index (χ3v) is 4.94. The fourth-order valence-corrected chi connectivity index (χ4v) is 2.94. The Hall–Kier alpha value is -1.96. The van der Waals surface area contributed by atoms with Crippen LogP contribution in [0.2, 0.25) is 0 Å². The van der Waals surface area contributed by atoms with Gasteiger partial charge in [-0.15, -0.1) is 21.5 Å². The second kappa shape index (κ2) is 8.77. The van der Waals surface area contributed by atoms with Crippen molar-refractivity contribution in [1.29, 1.82) is 0 Å². The van der Waals surface area contributed by atoms with Gasteiger partial charge in [-0.25, -0.2) is 9.98 Å². The second-order valence-electron chi connectivity index (χ2n) is 5.77. The quantitative estimate of drug-likeness (QED) is 0.455. The van der Waals surface area contributed by atoms with E-state index in [0.29, 0.717) is 13.1 Å². The molecule has 132 valence electrons. The average molecular weight is 350 g/mol. The number of aliphatic imine (C=N–C) groups is 1. The Kier molecular flexibility index (Phi) is 6.72. The molecule has 0 aromatic carbocycles. The Balaban J connectivity index is 1.99. The van der Waals surface area contributed by atoms with Crippen molar-refractivity contribution in [2.75, 3.05) is 6.54 Å². The lowest BCUT2D eigenvalue weighted by Gasteiger charge is -2.11. The van der Waals surface area contributed by atoms with Gasteiger partial charge in [-0.2, -0.15) is 0 Å². The third-order valence-electron chi connectivity index (χ3n) is 3.86. The van der Waals surface area contributed by atoms with E-state index in [-0.39, 0.29) is 0 Å². The molecule has 0 saturated heterocycles. The molecule has 0 amide bonds. The lowest BCUT2D eigenvalue weighted by molar-refractivity contribution is 0.715. The van der Waals surface area contributed by atoms with Crippen molar-refractivity contribution in [2.45, 2.75) is 53.6 Å². The summed E-state index contributed by atoms with van der Waals surface area (Å²) < 4.78 is 1.96. The van der Waals surface area contributed by atoms with E-state index < -0.39 is 0 Å². The van der Waals surface area contributed by atoms with Crippen LogP contribution in [0.1, 0.15) is 47.0 Å². The van der Waals surface area contributed by atoms with Crippen LogP contribution in [0.5, 0.6) is 0 Å². The van der Waals surface area contributed by atoms with Gasteiger partial charge in [0.25, 0.3) is 0 Å².